The van der Waals surface area contributed by atoms with Crippen LogP contribution in [0.5, 0.6) is 0 Å². The minimum atomic E-state index is -3.41. The molecule has 0 bridgehead atoms. The third kappa shape index (κ3) is 5.87. The summed E-state index contributed by atoms with van der Waals surface area (Å²) in [5.74, 6) is 2.94. The third-order valence-corrected chi connectivity index (χ3v) is 12.0. The number of hydrogen-bond donors (Lipinski definition) is 0. The zero-order chi connectivity index (χ0) is 20.0. The molecule has 4 nitrogen and oxygen atoms in total. The first kappa shape index (κ1) is 22.7. The molecule has 0 aliphatic heterocycles. The van der Waals surface area contributed by atoms with Crippen LogP contribution in [0.2, 0.25) is 16.6 Å². The van der Waals surface area contributed by atoms with Crippen LogP contribution in [0.1, 0.15) is 47.1 Å². The summed E-state index contributed by atoms with van der Waals surface area (Å²) in [7, 11) is -5.40. The first-order chi connectivity index (χ1) is 12.0. The Labute approximate surface area is 161 Å². The Morgan fingerprint density at radius 2 is 1.50 bits per heavy atom. The number of rotatable bonds is 8. The number of sulfonamides is 1. The van der Waals surface area contributed by atoms with Gasteiger partial charge in [0.05, 0.1) is 19.4 Å². The van der Waals surface area contributed by atoms with E-state index in [9.17, 15) is 8.42 Å². The van der Waals surface area contributed by atoms with Gasteiger partial charge in [-0.3, -0.25) is 0 Å². The Morgan fingerprint density at radius 1 is 1.00 bits per heavy atom. The molecule has 0 atom stereocenters. The average molecular weight is 396 g/mol. The number of hydrogen-bond acceptors (Lipinski definition) is 3. The smallest absolute Gasteiger partial charge is 0.239 e. The van der Waals surface area contributed by atoms with Crippen molar-refractivity contribution in [2.24, 2.45) is 0 Å². The van der Waals surface area contributed by atoms with E-state index in [4.69, 9.17) is 4.43 Å². The molecule has 1 aromatic carbocycles. The van der Waals surface area contributed by atoms with E-state index in [-0.39, 0.29) is 13.2 Å². The molecule has 0 saturated heterocycles. The van der Waals surface area contributed by atoms with Crippen molar-refractivity contribution in [3.63, 3.8) is 0 Å². The van der Waals surface area contributed by atoms with Crippen molar-refractivity contribution in [1.29, 1.82) is 0 Å². The van der Waals surface area contributed by atoms with Crippen LogP contribution in [0.15, 0.2) is 30.3 Å². The Kier molecular flexibility index (Phi) is 8.39. The number of benzene rings is 1. The predicted octanol–water partition coefficient (Wildman–Crippen LogP) is 4.60. The van der Waals surface area contributed by atoms with Crippen LogP contribution in [0.25, 0.3) is 0 Å². The first-order valence-corrected chi connectivity index (χ1v) is 13.1. The summed E-state index contributed by atoms with van der Waals surface area (Å²) >= 11 is 0. The standard InChI is InChI=1S/C20H33NO3SSi/c1-17(2)26(18(3)4,19(5)6)24-15-11-14-21(25(7,22)23)16-20-12-9-8-10-13-20/h8-10,12-13,17-19H,15-16H2,1-7H3. The lowest BCUT2D eigenvalue weighted by atomic mass is 10.2. The highest BCUT2D eigenvalue weighted by Crippen LogP contribution is 2.41. The fourth-order valence-electron chi connectivity index (χ4n) is 3.77. The van der Waals surface area contributed by atoms with Gasteiger partial charge in [-0.15, -0.1) is 0 Å². The fraction of sp³-hybridized carbons (Fsp3) is 0.600. The minimum Gasteiger partial charge on any atom is -0.405 e. The molecule has 1 rings (SSSR count). The lowest BCUT2D eigenvalue weighted by molar-refractivity contribution is 0.322. The van der Waals surface area contributed by atoms with Gasteiger partial charge in [0.25, 0.3) is 0 Å². The minimum absolute atomic E-state index is 0.244. The first-order valence-electron chi connectivity index (χ1n) is 9.15. The van der Waals surface area contributed by atoms with Gasteiger partial charge in [0.1, 0.15) is 0 Å². The van der Waals surface area contributed by atoms with E-state index in [1.807, 2.05) is 30.3 Å². The maximum atomic E-state index is 12.0. The Bertz CT molecular complexity index is 697. The number of nitrogens with zero attached hydrogens (tertiary/aromatic N) is 1. The van der Waals surface area contributed by atoms with E-state index < -0.39 is 18.3 Å². The van der Waals surface area contributed by atoms with Gasteiger partial charge in [-0.2, -0.15) is 0 Å². The van der Waals surface area contributed by atoms with Crippen LogP contribution in [0, 0.1) is 12.0 Å². The third-order valence-electron chi connectivity index (χ3n) is 4.87. The predicted molar refractivity (Wildman–Crippen MR) is 112 cm³/mol. The molecule has 0 aromatic heterocycles. The Morgan fingerprint density at radius 3 is 1.92 bits per heavy atom. The molecular formula is C20H33NO3SSi. The second kappa shape index (κ2) is 9.59. The molecule has 0 saturated carbocycles. The highest BCUT2D eigenvalue weighted by atomic mass is 32.2. The molecule has 0 aliphatic rings. The summed E-state index contributed by atoms with van der Waals surface area (Å²) in [6.07, 6.45) is 1.18. The maximum Gasteiger partial charge on any atom is 0.239 e. The molecule has 0 aliphatic carbocycles. The van der Waals surface area contributed by atoms with Crippen LogP contribution < -0.4 is 0 Å². The van der Waals surface area contributed by atoms with Crippen molar-refractivity contribution >= 4 is 18.3 Å². The van der Waals surface area contributed by atoms with Crippen LogP contribution in [-0.4, -0.2) is 33.9 Å². The van der Waals surface area contributed by atoms with Gasteiger partial charge in [-0.25, -0.2) is 12.7 Å². The summed E-state index contributed by atoms with van der Waals surface area (Å²) in [5.41, 5.74) is 2.32. The summed E-state index contributed by atoms with van der Waals surface area (Å²) < 4.78 is 31.6. The van der Waals surface area contributed by atoms with Crippen molar-refractivity contribution in [2.45, 2.75) is 64.7 Å². The van der Waals surface area contributed by atoms with E-state index >= 15 is 0 Å². The molecule has 0 unspecified atom stereocenters. The molecular weight excluding hydrogens is 362 g/mol. The second-order valence-corrected chi connectivity index (χ2v) is 15.0. The highest BCUT2D eigenvalue weighted by molar-refractivity contribution is 7.88. The van der Waals surface area contributed by atoms with Crippen LogP contribution >= 0.6 is 0 Å². The Balaban J connectivity index is 2.93. The van der Waals surface area contributed by atoms with Crippen molar-refractivity contribution < 1.29 is 12.8 Å². The Hall–Kier alpha value is -1.29. The van der Waals surface area contributed by atoms with Gasteiger partial charge in [0.15, 0.2) is 0 Å². The molecule has 6 heteroatoms. The van der Waals surface area contributed by atoms with Gasteiger partial charge >= 0.3 is 0 Å². The molecule has 1 aromatic rings. The zero-order valence-electron chi connectivity index (χ0n) is 17.1. The molecule has 0 spiro atoms. The van der Waals surface area contributed by atoms with Crippen molar-refractivity contribution in [2.75, 3.05) is 12.9 Å². The molecule has 0 fully saturated rings. The fourth-order valence-corrected chi connectivity index (χ4v) is 9.71. The molecule has 26 heavy (non-hydrogen) atoms. The van der Waals surface area contributed by atoms with E-state index in [1.165, 1.54) is 10.6 Å². The van der Waals surface area contributed by atoms with Crippen molar-refractivity contribution in [1.82, 2.24) is 4.31 Å². The summed E-state index contributed by atoms with van der Waals surface area (Å²) in [4.78, 5) is 0. The average Bonchev–Trinajstić information content (AvgIpc) is 2.52. The van der Waals surface area contributed by atoms with Gasteiger partial charge in [0, 0.05) is 6.04 Å². The second-order valence-electron chi connectivity index (χ2n) is 7.65. The SMILES string of the molecule is CC(C)[Si](OCC#CN(Cc1ccccc1)S(C)(=O)=O)(C(C)C)C(C)C. The molecule has 0 amide bonds. The normalized spacial score (nSPS) is 12.4. The molecule has 0 heterocycles. The van der Waals surface area contributed by atoms with Gasteiger partial charge < -0.3 is 4.43 Å². The molecule has 0 N–H and O–H groups in total. The molecule has 0 radical (unpaired) electrons. The monoisotopic (exact) mass is 395 g/mol. The lowest BCUT2D eigenvalue weighted by Gasteiger charge is -2.41. The van der Waals surface area contributed by atoms with Gasteiger partial charge in [-0.1, -0.05) is 77.8 Å². The molecule has 146 valence electrons. The topological polar surface area (TPSA) is 46.6 Å². The van der Waals surface area contributed by atoms with E-state index in [1.54, 1.807) is 0 Å². The van der Waals surface area contributed by atoms with E-state index in [0.717, 1.165) is 5.56 Å². The van der Waals surface area contributed by atoms with E-state index in [0.29, 0.717) is 16.6 Å². The summed E-state index contributed by atoms with van der Waals surface area (Å²) in [6, 6.07) is 12.3. The highest BCUT2D eigenvalue weighted by Gasteiger charge is 2.44. The van der Waals surface area contributed by atoms with Gasteiger partial charge in [0.2, 0.25) is 18.3 Å². The largest absolute Gasteiger partial charge is 0.405 e. The van der Waals surface area contributed by atoms with Crippen LogP contribution in [-0.2, 0) is 21.0 Å². The summed E-state index contributed by atoms with van der Waals surface area (Å²) in [5, 5.41) is 0. The van der Waals surface area contributed by atoms with E-state index in [2.05, 4.69) is 53.5 Å². The van der Waals surface area contributed by atoms with Crippen LogP contribution in [0.3, 0.4) is 0 Å². The zero-order valence-corrected chi connectivity index (χ0v) is 18.9. The van der Waals surface area contributed by atoms with Crippen LogP contribution in [0.4, 0.5) is 0 Å². The maximum absolute atomic E-state index is 12.0. The lowest BCUT2D eigenvalue weighted by Crippen LogP contribution is -2.47. The van der Waals surface area contributed by atoms with Crippen molar-refractivity contribution in [3.05, 3.63) is 35.9 Å². The van der Waals surface area contributed by atoms with Crippen molar-refractivity contribution in [3.8, 4) is 12.0 Å². The van der Waals surface area contributed by atoms with Gasteiger partial charge in [-0.05, 0) is 22.2 Å². The quantitative estimate of drug-likeness (QED) is 0.367. The summed E-state index contributed by atoms with van der Waals surface area (Å²) in [6.45, 7) is 13.8.